The minimum Gasteiger partial charge on any atom is -0.393 e. The Morgan fingerprint density at radius 2 is 2.15 bits per heavy atom. The molecule has 0 aliphatic rings. The summed E-state index contributed by atoms with van der Waals surface area (Å²) in [7, 11) is 0. The Bertz CT molecular complexity index is 766. The highest BCUT2D eigenvalue weighted by atomic mass is 35.5. The number of nitrogens with two attached hydrogens (primary N) is 1. The van der Waals surface area contributed by atoms with E-state index in [2.05, 4.69) is 5.32 Å². The number of benzene rings is 1. The summed E-state index contributed by atoms with van der Waals surface area (Å²) in [6, 6.07) is 6.59. The van der Waals surface area contributed by atoms with Gasteiger partial charge in [0.2, 0.25) is 5.91 Å². The smallest absolute Gasteiger partial charge is 0.328 e. The molecule has 0 bridgehead atoms. The van der Waals surface area contributed by atoms with E-state index in [1.807, 2.05) is 4.98 Å². The summed E-state index contributed by atoms with van der Waals surface area (Å²) >= 11 is 5.79. The van der Waals surface area contributed by atoms with E-state index >= 15 is 0 Å². The van der Waals surface area contributed by atoms with Crippen LogP contribution in [0.1, 0.15) is 0 Å². The number of halogens is 1. The fraction of sp³-hybridized carbons (Fsp3) is 0.0833. The highest BCUT2D eigenvalue weighted by molar-refractivity contribution is 6.30. The van der Waals surface area contributed by atoms with Gasteiger partial charge in [-0.2, -0.15) is 0 Å². The standard InChI is InChI=1S/C12H11ClN4O3/c13-7-2-1-3-8(4-7)15-10(18)6-17-5-9(14)11(19)16-12(17)20/h1-5H,6,14H2,(H,15,18)(H,16,19,20). The number of hydrogen-bond donors (Lipinski definition) is 3. The molecule has 20 heavy (non-hydrogen) atoms. The normalized spacial score (nSPS) is 10.2. The molecule has 0 saturated heterocycles. The minimum absolute atomic E-state index is 0.139. The van der Waals surface area contributed by atoms with Crippen LogP contribution in [-0.4, -0.2) is 15.5 Å². The summed E-state index contributed by atoms with van der Waals surface area (Å²) in [6.07, 6.45) is 1.12. The van der Waals surface area contributed by atoms with Crippen molar-refractivity contribution in [3.63, 3.8) is 0 Å². The van der Waals surface area contributed by atoms with Gasteiger partial charge in [-0.25, -0.2) is 4.79 Å². The van der Waals surface area contributed by atoms with Gasteiger partial charge in [-0.05, 0) is 18.2 Å². The molecular weight excluding hydrogens is 284 g/mol. The molecule has 0 atom stereocenters. The highest BCUT2D eigenvalue weighted by Crippen LogP contribution is 2.14. The maximum absolute atomic E-state index is 11.8. The number of anilines is 2. The predicted molar refractivity (Wildman–Crippen MR) is 75.8 cm³/mol. The average Bonchev–Trinajstić information content (AvgIpc) is 2.36. The molecule has 1 heterocycles. The molecule has 1 aromatic carbocycles. The van der Waals surface area contributed by atoms with Gasteiger partial charge in [0, 0.05) is 16.9 Å². The number of aromatic amines is 1. The number of nitrogen functional groups attached to an aromatic ring is 1. The average molecular weight is 295 g/mol. The number of hydrogen-bond acceptors (Lipinski definition) is 4. The summed E-state index contributed by atoms with van der Waals surface area (Å²) in [6.45, 7) is -0.272. The lowest BCUT2D eigenvalue weighted by atomic mass is 10.3. The maximum atomic E-state index is 11.8. The molecule has 0 unspecified atom stereocenters. The van der Waals surface area contributed by atoms with Crippen molar-refractivity contribution in [1.82, 2.24) is 9.55 Å². The third-order valence-electron chi connectivity index (χ3n) is 2.46. The molecule has 4 N–H and O–H groups in total. The first kappa shape index (κ1) is 13.9. The number of carbonyl (C=O) groups is 1. The van der Waals surface area contributed by atoms with E-state index in [-0.39, 0.29) is 12.2 Å². The highest BCUT2D eigenvalue weighted by Gasteiger charge is 2.07. The van der Waals surface area contributed by atoms with Crippen molar-refractivity contribution in [1.29, 1.82) is 0 Å². The first-order chi connectivity index (χ1) is 9.45. The molecule has 2 aromatic rings. The Labute approximate surface area is 118 Å². The van der Waals surface area contributed by atoms with Crippen LogP contribution in [0.15, 0.2) is 40.1 Å². The molecule has 1 amide bonds. The molecule has 8 heteroatoms. The fourth-order valence-electron chi connectivity index (χ4n) is 1.57. The van der Waals surface area contributed by atoms with E-state index in [9.17, 15) is 14.4 Å². The van der Waals surface area contributed by atoms with Gasteiger partial charge in [0.05, 0.1) is 0 Å². The van der Waals surface area contributed by atoms with E-state index in [4.69, 9.17) is 17.3 Å². The molecule has 2 rings (SSSR count). The topological polar surface area (TPSA) is 110 Å². The van der Waals surface area contributed by atoms with Gasteiger partial charge in [-0.15, -0.1) is 0 Å². The van der Waals surface area contributed by atoms with Gasteiger partial charge >= 0.3 is 5.69 Å². The van der Waals surface area contributed by atoms with E-state index in [0.29, 0.717) is 10.7 Å². The van der Waals surface area contributed by atoms with Crippen LogP contribution in [0.3, 0.4) is 0 Å². The lowest BCUT2D eigenvalue weighted by molar-refractivity contribution is -0.116. The van der Waals surface area contributed by atoms with E-state index in [1.54, 1.807) is 24.3 Å². The van der Waals surface area contributed by atoms with Crippen LogP contribution in [0.4, 0.5) is 11.4 Å². The van der Waals surface area contributed by atoms with Crippen molar-refractivity contribution < 1.29 is 4.79 Å². The van der Waals surface area contributed by atoms with Crippen molar-refractivity contribution in [2.75, 3.05) is 11.1 Å². The zero-order valence-electron chi connectivity index (χ0n) is 10.2. The van der Waals surface area contributed by atoms with Crippen LogP contribution in [0.25, 0.3) is 0 Å². The van der Waals surface area contributed by atoms with Crippen molar-refractivity contribution in [3.05, 3.63) is 56.3 Å². The third-order valence-corrected chi connectivity index (χ3v) is 2.70. The second-order valence-electron chi connectivity index (χ2n) is 4.03. The van der Waals surface area contributed by atoms with Gasteiger partial charge in [0.15, 0.2) is 0 Å². The fourth-order valence-corrected chi connectivity index (χ4v) is 1.76. The summed E-state index contributed by atoms with van der Waals surface area (Å²) in [5.74, 6) is -0.444. The van der Waals surface area contributed by atoms with Crippen molar-refractivity contribution in [2.45, 2.75) is 6.54 Å². The Morgan fingerprint density at radius 1 is 1.40 bits per heavy atom. The molecular formula is C12H11ClN4O3. The SMILES string of the molecule is Nc1cn(CC(=O)Nc2cccc(Cl)c2)c(=O)[nH]c1=O. The molecule has 0 aliphatic carbocycles. The maximum Gasteiger partial charge on any atom is 0.328 e. The Kier molecular flexibility index (Phi) is 3.90. The van der Waals surface area contributed by atoms with Gasteiger partial charge in [0.25, 0.3) is 5.56 Å². The second-order valence-corrected chi connectivity index (χ2v) is 4.47. The van der Waals surface area contributed by atoms with Gasteiger partial charge in [-0.3, -0.25) is 19.1 Å². The van der Waals surface area contributed by atoms with Crippen molar-refractivity contribution in [3.8, 4) is 0 Å². The number of nitrogens with zero attached hydrogens (tertiary/aromatic N) is 1. The summed E-state index contributed by atoms with van der Waals surface area (Å²) < 4.78 is 1.01. The number of aromatic nitrogens is 2. The summed E-state index contributed by atoms with van der Waals surface area (Å²) in [5.41, 5.74) is 4.37. The van der Waals surface area contributed by atoms with Crippen molar-refractivity contribution in [2.24, 2.45) is 0 Å². The lowest BCUT2D eigenvalue weighted by Gasteiger charge is -2.07. The molecule has 0 saturated carbocycles. The summed E-state index contributed by atoms with van der Waals surface area (Å²) in [4.78, 5) is 36.4. The Hall–Kier alpha value is -2.54. The monoisotopic (exact) mass is 294 g/mol. The van der Waals surface area contributed by atoms with E-state index in [0.717, 1.165) is 10.8 Å². The van der Waals surface area contributed by atoms with Crippen LogP contribution < -0.4 is 22.3 Å². The lowest BCUT2D eigenvalue weighted by Crippen LogP contribution is -2.34. The number of H-pyrrole nitrogens is 1. The molecule has 0 aliphatic heterocycles. The molecule has 0 fully saturated rings. The van der Waals surface area contributed by atoms with E-state index in [1.165, 1.54) is 0 Å². The second kappa shape index (κ2) is 5.62. The van der Waals surface area contributed by atoms with E-state index < -0.39 is 17.2 Å². The predicted octanol–water partition coefficient (Wildman–Crippen LogP) is 0.411. The first-order valence-electron chi connectivity index (χ1n) is 5.60. The quantitative estimate of drug-likeness (QED) is 0.761. The zero-order chi connectivity index (χ0) is 14.7. The number of rotatable bonds is 3. The molecule has 0 spiro atoms. The van der Waals surface area contributed by atoms with Crippen LogP contribution in [-0.2, 0) is 11.3 Å². The van der Waals surface area contributed by atoms with Gasteiger partial charge in [0.1, 0.15) is 12.2 Å². The molecule has 0 radical (unpaired) electrons. The van der Waals surface area contributed by atoms with Gasteiger partial charge in [-0.1, -0.05) is 17.7 Å². The number of carbonyl (C=O) groups excluding carboxylic acids is 1. The third kappa shape index (κ3) is 3.27. The zero-order valence-corrected chi connectivity index (χ0v) is 11.0. The van der Waals surface area contributed by atoms with Crippen LogP contribution in [0.5, 0.6) is 0 Å². The molecule has 7 nitrogen and oxygen atoms in total. The Morgan fingerprint density at radius 3 is 2.85 bits per heavy atom. The van der Waals surface area contributed by atoms with Gasteiger partial charge < -0.3 is 11.1 Å². The van der Waals surface area contributed by atoms with Crippen molar-refractivity contribution >= 4 is 28.9 Å². The number of amides is 1. The van der Waals surface area contributed by atoms with Crippen LogP contribution in [0.2, 0.25) is 5.02 Å². The largest absolute Gasteiger partial charge is 0.393 e. The first-order valence-corrected chi connectivity index (χ1v) is 5.98. The Balaban J connectivity index is 2.15. The van der Waals surface area contributed by atoms with Crippen LogP contribution in [0, 0.1) is 0 Å². The minimum atomic E-state index is -0.703. The number of nitrogens with one attached hydrogen (secondary N) is 2. The molecule has 104 valence electrons. The van der Waals surface area contributed by atoms with Crippen LogP contribution >= 0.6 is 11.6 Å². The summed E-state index contributed by atoms with van der Waals surface area (Å²) in [5, 5.41) is 3.06. The molecule has 1 aromatic heterocycles.